The topological polar surface area (TPSA) is 66.8 Å². The minimum absolute atomic E-state index is 0.0469. The van der Waals surface area contributed by atoms with Crippen LogP contribution in [0.25, 0.3) is 0 Å². The number of likely N-dealkylation sites (tertiary alicyclic amines) is 1. The number of aliphatic carboxylic acids is 1. The van der Waals surface area contributed by atoms with Crippen LogP contribution in [-0.2, 0) is 4.79 Å². The first-order valence-corrected chi connectivity index (χ1v) is 6.87. The van der Waals surface area contributed by atoms with E-state index in [4.69, 9.17) is 21.4 Å². The highest BCUT2D eigenvalue weighted by Gasteiger charge is 2.31. The summed E-state index contributed by atoms with van der Waals surface area (Å²) in [6.45, 7) is 0.459. The number of piperidine rings is 1. The highest BCUT2D eigenvalue weighted by atomic mass is 35.5. The number of carbonyl (C=O) groups excluding carboxylic acids is 1. The van der Waals surface area contributed by atoms with Crippen molar-refractivity contribution in [3.05, 3.63) is 28.5 Å². The Labute approximate surface area is 126 Å². The smallest absolute Gasteiger partial charge is 0.308 e. The van der Waals surface area contributed by atoms with E-state index in [9.17, 15) is 14.0 Å². The van der Waals surface area contributed by atoms with Gasteiger partial charge in [0, 0.05) is 19.2 Å². The highest BCUT2D eigenvalue weighted by molar-refractivity contribution is 6.34. The summed E-state index contributed by atoms with van der Waals surface area (Å²) in [5.74, 6) is -2.72. The zero-order chi connectivity index (χ0) is 15.6. The minimum atomic E-state index is -0.950. The lowest BCUT2D eigenvalue weighted by atomic mass is 9.97. The number of carboxylic acid groups (broad SMARTS) is 1. The van der Waals surface area contributed by atoms with Crippen molar-refractivity contribution in [3.63, 3.8) is 0 Å². The molecule has 1 fully saturated rings. The zero-order valence-corrected chi connectivity index (χ0v) is 12.2. The molecule has 2 rings (SSSR count). The van der Waals surface area contributed by atoms with Crippen LogP contribution in [-0.4, -0.2) is 42.1 Å². The average molecular weight is 316 g/mol. The van der Waals surface area contributed by atoms with Gasteiger partial charge in [-0.1, -0.05) is 11.6 Å². The maximum atomic E-state index is 14.0. The molecule has 1 heterocycles. The fourth-order valence-electron chi connectivity index (χ4n) is 2.39. The van der Waals surface area contributed by atoms with Crippen molar-refractivity contribution in [1.29, 1.82) is 0 Å². The second-order valence-corrected chi connectivity index (χ2v) is 5.30. The predicted molar refractivity (Wildman–Crippen MR) is 74.2 cm³/mol. The molecular formula is C14H15ClFNO4. The van der Waals surface area contributed by atoms with Gasteiger partial charge in [-0.15, -0.1) is 0 Å². The van der Waals surface area contributed by atoms with Crippen LogP contribution in [0.5, 0.6) is 5.75 Å². The Morgan fingerprint density at radius 1 is 1.48 bits per heavy atom. The molecule has 21 heavy (non-hydrogen) atoms. The number of ether oxygens (including phenoxy) is 1. The van der Waals surface area contributed by atoms with Crippen LogP contribution in [0.3, 0.4) is 0 Å². The molecule has 1 atom stereocenters. The van der Waals surface area contributed by atoms with Crippen molar-refractivity contribution < 1.29 is 23.8 Å². The number of benzene rings is 1. The lowest BCUT2D eigenvalue weighted by molar-refractivity contribution is -0.143. The Kier molecular flexibility index (Phi) is 4.67. The van der Waals surface area contributed by atoms with Gasteiger partial charge in [-0.05, 0) is 18.9 Å². The van der Waals surface area contributed by atoms with E-state index in [-0.39, 0.29) is 22.9 Å². The van der Waals surface area contributed by atoms with E-state index in [2.05, 4.69) is 0 Å². The summed E-state index contributed by atoms with van der Waals surface area (Å²) in [6, 6.07) is 2.44. The minimum Gasteiger partial charge on any atom is -0.497 e. The molecule has 0 bridgehead atoms. The molecule has 0 unspecified atom stereocenters. The fraction of sp³-hybridized carbons (Fsp3) is 0.429. The van der Waals surface area contributed by atoms with Gasteiger partial charge in [0.25, 0.3) is 5.91 Å². The lowest BCUT2D eigenvalue weighted by Gasteiger charge is -2.31. The lowest BCUT2D eigenvalue weighted by Crippen LogP contribution is -2.42. The third kappa shape index (κ3) is 3.26. The molecule has 0 aromatic heterocycles. The molecule has 1 saturated heterocycles. The zero-order valence-electron chi connectivity index (χ0n) is 11.4. The number of amides is 1. The van der Waals surface area contributed by atoms with Crippen molar-refractivity contribution in [1.82, 2.24) is 4.90 Å². The van der Waals surface area contributed by atoms with Gasteiger partial charge in [0.15, 0.2) is 0 Å². The Bertz CT molecular complexity index is 555. The van der Waals surface area contributed by atoms with Crippen molar-refractivity contribution in [3.8, 4) is 5.75 Å². The van der Waals surface area contributed by atoms with E-state index in [1.54, 1.807) is 0 Å². The maximum absolute atomic E-state index is 14.0. The van der Waals surface area contributed by atoms with Gasteiger partial charge >= 0.3 is 5.97 Å². The summed E-state index contributed by atoms with van der Waals surface area (Å²) in [6.07, 6.45) is 1.08. The van der Waals surface area contributed by atoms with Crippen LogP contribution in [0.4, 0.5) is 4.39 Å². The molecule has 114 valence electrons. The van der Waals surface area contributed by atoms with Crippen LogP contribution in [0.1, 0.15) is 23.2 Å². The van der Waals surface area contributed by atoms with E-state index in [1.807, 2.05) is 0 Å². The molecule has 1 N–H and O–H groups in total. The predicted octanol–water partition coefficient (Wildman–Crippen LogP) is 2.42. The normalized spacial score (nSPS) is 18.4. The monoisotopic (exact) mass is 315 g/mol. The Hall–Kier alpha value is -1.82. The highest BCUT2D eigenvalue weighted by Crippen LogP contribution is 2.28. The molecule has 1 aliphatic heterocycles. The number of methoxy groups -OCH3 is 1. The largest absolute Gasteiger partial charge is 0.497 e. The Balaban J connectivity index is 2.26. The maximum Gasteiger partial charge on any atom is 0.308 e. The van der Waals surface area contributed by atoms with E-state index in [1.165, 1.54) is 18.1 Å². The van der Waals surface area contributed by atoms with Gasteiger partial charge in [-0.3, -0.25) is 9.59 Å². The number of nitrogens with zero attached hydrogens (tertiary/aromatic N) is 1. The van der Waals surface area contributed by atoms with Gasteiger partial charge in [0.2, 0.25) is 0 Å². The van der Waals surface area contributed by atoms with Crippen molar-refractivity contribution in [2.45, 2.75) is 12.8 Å². The molecule has 0 aliphatic carbocycles. The van der Waals surface area contributed by atoms with Gasteiger partial charge in [0.1, 0.15) is 11.6 Å². The van der Waals surface area contributed by atoms with Crippen molar-refractivity contribution in [2.24, 2.45) is 5.92 Å². The van der Waals surface area contributed by atoms with E-state index in [0.717, 1.165) is 6.07 Å². The summed E-state index contributed by atoms with van der Waals surface area (Å²) < 4.78 is 18.9. The molecule has 5 nitrogen and oxygen atoms in total. The molecule has 0 saturated carbocycles. The second kappa shape index (κ2) is 6.30. The number of hydrogen-bond donors (Lipinski definition) is 1. The standard InChI is InChI=1S/C14H15ClFNO4/c1-21-9-5-10(15)12(11(16)6-9)13(18)17-4-2-3-8(7-17)14(19)20/h5-6,8H,2-4,7H2,1H3,(H,19,20)/t8-/m0/s1. The van der Waals surface area contributed by atoms with Gasteiger partial charge in [-0.25, -0.2) is 4.39 Å². The fourth-order valence-corrected chi connectivity index (χ4v) is 2.67. The summed E-state index contributed by atoms with van der Waals surface area (Å²) in [5.41, 5.74) is -0.247. The van der Waals surface area contributed by atoms with E-state index < -0.39 is 23.6 Å². The summed E-state index contributed by atoms with van der Waals surface area (Å²) in [4.78, 5) is 24.7. The van der Waals surface area contributed by atoms with Crippen LogP contribution in [0.15, 0.2) is 12.1 Å². The molecular weight excluding hydrogens is 301 g/mol. The average Bonchev–Trinajstić information content (AvgIpc) is 2.46. The Morgan fingerprint density at radius 2 is 2.19 bits per heavy atom. The molecule has 1 aromatic carbocycles. The summed E-state index contributed by atoms with van der Waals surface area (Å²) in [5, 5.41) is 8.98. The van der Waals surface area contributed by atoms with Gasteiger partial charge in [-0.2, -0.15) is 0 Å². The van der Waals surface area contributed by atoms with E-state index >= 15 is 0 Å². The van der Waals surface area contributed by atoms with Gasteiger partial charge in [0.05, 0.1) is 23.6 Å². The molecule has 0 spiro atoms. The molecule has 7 heteroatoms. The van der Waals surface area contributed by atoms with Crippen LogP contribution in [0.2, 0.25) is 5.02 Å². The number of carbonyl (C=O) groups is 2. The summed E-state index contributed by atoms with van der Waals surface area (Å²) in [7, 11) is 1.37. The van der Waals surface area contributed by atoms with E-state index in [0.29, 0.717) is 19.4 Å². The third-order valence-electron chi connectivity index (χ3n) is 3.52. The van der Waals surface area contributed by atoms with Crippen LogP contribution >= 0.6 is 11.6 Å². The number of halogens is 2. The molecule has 1 aliphatic rings. The first kappa shape index (κ1) is 15.6. The first-order chi connectivity index (χ1) is 9.93. The SMILES string of the molecule is COc1cc(F)c(C(=O)N2CCC[C@H](C(=O)O)C2)c(Cl)c1. The quantitative estimate of drug-likeness (QED) is 0.930. The number of carboxylic acids is 1. The third-order valence-corrected chi connectivity index (χ3v) is 3.82. The van der Waals surface area contributed by atoms with Crippen LogP contribution in [0, 0.1) is 11.7 Å². The number of hydrogen-bond acceptors (Lipinski definition) is 3. The number of rotatable bonds is 3. The molecule has 1 aromatic rings. The van der Waals surface area contributed by atoms with Crippen molar-refractivity contribution >= 4 is 23.5 Å². The van der Waals surface area contributed by atoms with Gasteiger partial charge < -0.3 is 14.7 Å². The molecule has 1 amide bonds. The van der Waals surface area contributed by atoms with Crippen molar-refractivity contribution in [2.75, 3.05) is 20.2 Å². The second-order valence-electron chi connectivity index (χ2n) is 4.89. The Morgan fingerprint density at radius 3 is 2.76 bits per heavy atom. The van der Waals surface area contributed by atoms with Crippen LogP contribution < -0.4 is 4.74 Å². The molecule has 0 radical (unpaired) electrons. The first-order valence-electron chi connectivity index (χ1n) is 6.49. The summed E-state index contributed by atoms with van der Waals surface area (Å²) >= 11 is 5.94.